The monoisotopic (exact) mass is 295 g/mol. The molecular weight excluding hydrogens is 277 g/mol. The summed E-state index contributed by atoms with van der Waals surface area (Å²) >= 11 is 0. The summed E-state index contributed by atoms with van der Waals surface area (Å²) in [6, 6.07) is 0. The lowest BCUT2D eigenvalue weighted by Gasteiger charge is -2.22. The van der Waals surface area contributed by atoms with Gasteiger partial charge in [-0.25, -0.2) is 0 Å². The summed E-state index contributed by atoms with van der Waals surface area (Å²) < 4.78 is 11.1. The van der Waals surface area contributed by atoms with E-state index < -0.39 is 31.1 Å². The first kappa shape index (κ1) is 17.8. The molecule has 5 N–H and O–H groups in total. The predicted molar refractivity (Wildman–Crippen MR) is 66.4 cm³/mol. The third kappa shape index (κ3) is 5.96. The van der Waals surface area contributed by atoms with E-state index in [0.717, 1.165) is 6.21 Å². The first-order valence-corrected chi connectivity index (χ1v) is 7.29. The number of carbonyl (C=O) groups is 2. The number of nitrogens with one attached hydrogen (secondary N) is 1. The maximum atomic E-state index is 11.1. The Labute approximate surface area is 110 Å². The molecule has 0 aliphatic heterocycles. The first-order valence-electron chi connectivity index (χ1n) is 5.61. The van der Waals surface area contributed by atoms with Crippen LogP contribution in [0.4, 0.5) is 0 Å². The molecule has 3 unspecified atom stereocenters. The van der Waals surface area contributed by atoms with E-state index in [2.05, 4.69) is 0 Å². The molecule has 0 aromatic carbocycles. The highest BCUT2D eigenvalue weighted by atomic mass is 31.2. The molecule has 19 heavy (non-hydrogen) atoms. The molecule has 0 aromatic heterocycles. The predicted octanol–water partition coefficient (Wildman–Crippen LogP) is 0.774. The van der Waals surface area contributed by atoms with E-state index in [1.165, 1.54) is 0 Å². The van der Waals surface area contributed by atoms with E-state index in [4.69, 9.17) is 25.4 Å². The zero-order valence-corrected chi connectivity index (χ0v) is 11.3. The fourth-order valence-electron chi connectivity index (χ4n) is 1.75. The molecule has 110 valence electrons. The van der Waals surface area contributed by atoms with E-state index in [0.29, 0.717) is 6.42 Å². The van der Waals surface area contributed by atoms with Crippen LogP contribution in [0, 0.1) is 17.2 Å². The van der Waals surface area contributed by atoms with Crippen LogP contribution in [-0.2, 0) is 14.2 Å². The second kappa shape index (κ2) is 7.37. The van der Waals surface area contributed by atoms with Crippen molar-refractivity contribution in [1.82, 2.24) is 0 Å². The maximum absolute atomic E-state index is 11.1. The minimum Gasteiger partial charge on any atom is -0.481 e. The van der Waals surface area contributed by atoms with E-state index in [1.54, 1.807) is 6.92 Å². The Hall–Kier alpha value is -1.24. The van der Waals surface area contributed by atoms with Crippen LogP contribution < -0.4 is 0 Å². The van der Waals surface area contributed by atoms with E-state index in [9.17, 15) is 14.2 Å². The molecule has 0 fully saturated rings. The molecule has 8 nitrogen and oxygen atoms in total. The summed E-state index contributed by atoms with van der Waals surface area (Å²) in [6.07, 6.45) is 1.67. The Morgan fingerprint density at radius 1 is 1.21 bits per heavy atom. The van der Waals surface area contributed by atoms with Crippen molar-refractivity contribution in [3.8, 4) is 0 Å². The lowest BCUT2D eigenvalue weighted by atomic mass is 9.93. The van der Waals surface area contributed by atoms with Gasteiger partial charge in [-0.05, 0) is 31.4 Å². The second-order valence-corrected chi connectivity index (χ2v) is 6.17. The normalized spacial score (nSPS) is 16.4. The van der Waals surface area contributed by atoms with Gasteiger partial charge in [0.25, 0.3) is 0 Å². The number of rotatable bonds is 9. The summed E-state index contributed by atoms with van der Waals surface area (Å²) in [4.78, 5) is 39.8. The molecule has 0 aromatic rings. The van der Waals surface area contributed by atoms with Gasteiger partial charge in [-0.3, -0.25) is 14.2 Å². The van der Waals surface area contributed by atoms with Gasteiger partial charge in [-0.2, -0.15) is 0 Å². The standard InChI is InChI=1S/C10H18NO7P/c1-6(4-5-11)2-3-7(9(12)13)8(10(14)15)19(16,17)18/h5-8,11H,2-4H2,1H3,(H,12,13)(H,14,15)(H2,16,17,18). The summed E-state index contributed by atoms with van der Waals surface area (Å²) in [6.45, 7) is 1.75. The van der Waals surface area contributed by atoms with Crippen molar-refractivity contribution in [3.05, 3.63) is 0 Å². The van der Waals surface area contributed by atoms with Crippen molar-refractivity contribution in [2.75, 3.05) is 0 Å². The summed E-state index contributed by atoms with van der Waals surface area (Å²) in [7, 11) is -5.04. The quantitative estimate of drug-likeness (QED) is 0.310. The molecule has 0 aliphatic carbocycles. The lowest BCUT2D eigenvalue weighted by molar-refractivity contribution is -0.148. The van der Waals surface area contributed by atoms with Crippen molar-refractivity contribution >= 4 is 25.7 Å². The second-order valence-electron chi connectivity index (χ2n) is 4.44. The fraction of sp³-hybridized carbons (Fsp3) is 0.700. The molecule has 0 spiro atoms. The minimum absolute atomic E-state index is 0.0504. The SMILES string of the molecule is CC(CC=N)CCC(C(=O)O)C(C(=O)O)P(=O)(O)O. The number of aliphatic carboxylic acids is 2. The minimum atomic E-state index is -5.04. The van der Waals surface area contributed by atoms with Gasteiger partial charge in [0.05, 0.1) is 5.92 Å². The third-order valence-corrected chi connectivity index (χ3v) is 4.11. The highest BCUT2D eigenvalue weighted by Gasteiger charge is 2.45. The topological polar surface area (TPSA) is 156 Å². The largest absolute Gasteiger partial charge is 0.481 e. The molecule has 0 amide bonds. The molecule has 0 rings (SSSR count). The molecule has 0 saturated carbocycles. The average molecular weight is 295 g/mol. The summed E-state index contributed by atoms with van der Waals surface area (Å²) in [5, 5.41) is 24.6. The molecule has 0 saturated heterocycles. The van der Waals surface area contributed by atoms with Crippen LogP contribution in [-0.4, -0.2) is 43.8 Å². The third-order valence-electron chi connectivity index (χ3n) is 2.80. The zero-order valence-electron chi connectivity index (χ0n) is 10.4. The molecule has 9 heteroatoms. The Kier molecular flexibility index (Phi) is 6.89. The number of carboxylic acids is 2. The van der Waals surface area contributed by atoms with Crippen molar-refractivity contribution in [1.29, 1.82) is 5.41 Å². The van der Waals surface area contributed by atoms with Gasteiger partial charge in [0.1, 0.15) is 0 Å². The summed E-state index contributed by atoms with van der Waals surface area (Å²) in [5.74, 6) is -5.06. The van der Waals surface area contributed by atoms with Crippen molar-refractivity contribution in [2.45, 2.75) is 31.8 Å². The van der Waals surface area contributed by atoms with Gasteiger partial charge in [0.15, 0.2) is 5.66 Å². The molecule has 0 heterocycles. The van der Waals surface area contributed by atoms with Crippen molar-refractivity contribution in [2.24, 2.45) is 11.8 Å². The highest BCUT2D eigenvalue weighted by molar-refractivity contribution is 7.53. The van der Waals surface area contributed by atoms with Crippen LogP contribution in [0.1, 0.15) is 26.2 Å². The van der Waals surface area contributed by atoms with Crippen LogP contribution >= 0.6 is 7.60 Å². The average Bonchev–Trinajstić information content (AvgIpc) is 2.21. The lowest BCUT2D eigenvalue weighted by Crippen LogP contribution is -2.35. The fourth-order valence-corrected chi connectivity index (χ4v) is 2.78. The Balaban J connectivity index is 4.98. The number of hydrogen-bond acceptors (Lipinski definition) is 4. The molecular formula is C10H18NO7P. The first-order chi connectivity index (χ1) is 8.61. The van der Waals surface area contributed by atoms with Crippen molar-refractivity contribution < 1.29 is 34.2 Å². The van der Waals surface area contributed by atoms with E-state index in [1.807, 2.05) is 0 Å². The number of hydrogen-bond donors (Lipinski definition) is 5. The van der Waals surface area contributed by atoms with Gasteiger partial charge in [-0.15, -0.1) is 0 Å². The van der Waals surface area contributed by atoms with Gasteiger partial charge >= 0.3 is 19.5 Å². The van der Waals surface area contributed by atoms with Gasteiger partial charge in [0, 0.05) is 0 Å². The van der Waals surface area contributed by atoms with E-state index in [-0.39, 0.29) is 18.8 Å². The van der Waals surface area contributed by atoms with Gasteiger partial charge < -0.3 is 25.4 Å². The number of carboxylic acid groups (broad SMARTS) is 2. The van der Waals surface area contributed by atoms with Gasteiger partial charge in [-0.1, -0.05) is 6.92 Å². The van der Waals surface area contributed by atoms with Crippen molar-refractivity contribution in [3.63, 3.8) is 0 Å². The summed E-state index contributed by atoms with van der Waals surface area (Å²) in [5.41, 5.74) is -2.24. The maximum Gasteiger partial charge on any atom is 0.340 e. The van der Waals surface area contributed by atoms with Gasteiger partial charge in [0.2, 0.25) is 0 Å². The Morgan fingerprint density at radius 3 is 2.05 bits per heavy atom. The van der Waals surface area contributed by atoms with Crippen LogP contribution in [0.25, 0.3) is 0 Å². The molecule has 0 aliphatic rings. The van der Waals surface area contributed by atoms with Crippen LogP contribution in [0.2, 0.25) is 0 Å². The molecule has 0 bridgehead atoms. The van der Waals surface area contributed by atoms with Crippen LogP contribution in [0.3, 0.4) is 0 Å². The Bertz CT molecular complexity index is 391. The molecule has 3 atom stereocenters. The van der Waals surface area contributed by atoms with Crippen LogP contribution in [0.15, 0.2) is 0 Å². The van der Waals surface area contributed by atoms with Crippen LogP contribution in [0.5, 0.6) is 0 Å². The Morgan fingerprint density at radius 2 is 1.74 bits per heavy atom. The van der Waals surface area contributed by atoms with E-state index >= 15 is 0 Å². The molecule has 0 radical (unpaired) electrons. The smallest absolute Gasteiger partial charge is 0.340 e. The zero-order chi connectivity index (χ0) is 15.2. The highest BCUT2D eigenvalue weighted by Crippen LogP contribution is 2.46.